The molecule has 0 unspecified atom stereocenters. The zero-order valence-corrected chi connectivity index (χ0v) is 11.7. The number of hydrogen-bond donors (Lipinski definition) is 2. The van der Waals surface area contributed by atoms with E-state index in [2.05, 4.69) is 30.5 Å². The quantitative estimate of drug-likeness (QED) is 0.536. The third-order valence-electron chi connectivity index (χ3n) is 2.50. The minimum absolute atomic E-state index is 0.759. The molecule has 3 heterocycles. The van der Waals surface area contributed by atoms with Crippen molar-refractivity contribution in [2.24, 2.45) is 0 Å². The summed E-state index contributed by atoms with van der Waals surface area (Å²) < 4.78 is 1.12. The van der Waals surface area contributed by atoms with Crippen molar-refractivity contribution >= 4 is 39.9 Å². The highest BCUT2D eigenvalue weighted by Crippen LogP contribution is 2.21. The summed E-state index contributed by atoms with van der Waals surface area (Å²) in [5, 5.41) is 13.0. The highest BCUT2D eigenvalue weighted by molar-refractivity contribution is 8.00. The number of anilines is 1. The first-order valence-electron chi connectivity index (χ1n) is 5.84. The molecule has 3 rings (SSSR count). The van der Waals surface area contributed by atoms with E-state index in [1.54, 1.807) is 29.3 Å². The second-order valence-corrected chi connectivity index (χ2v) is 6.02. The smallest absolute Gasteiger partial charge is 0.160 e. The second-order valence-electron chi connectivity index (χ2n) is 3.78. The largest absolute Gasteiger partial charge is 0.369 e. The molecule has 0 saturated carbocycles. The van der Waals surface area contributed by atoms with Crippen molar-refractivity contribution < 1.29 is 0 Å². The van der Waals surface area contributed by atoms with Gasteiger partial charge in [0.1, 0.15) is 16.5 Å². The third-order valence-corrected chi connectivity index (χ3v) is 4.55. The van der Waals surface area contributed by atoms with Crippen LogP contribution >= 0.6 is 23.1 Å². The molecule has 0 aliphatic heterocycles. The van der Waals surface area contributed by atoms with Crippen molar-refractivity contribution in [2.45, 2.75) is 10.8 Å². The lowest BCUT2D eigenvalue weighted by Crippen LogP contribution is -2.04. The molecule has 0 radical (unpaired) electrons. The van der Waals surface area contributed by atoms with E-state index in [1.165, 1.54) is 6.33 Å². The van der Waals surface area contributed by atoms with Crippen LogP contribution in [0.3, 0.4) is 0 Å². The highest BCUT2D eigenvalue weighted by Gasteiger charge is 2.04. The number of nitrogens with one attached hydrogen (secondary N) is 2. The lowest BCUT2D eigenvalue weighted by Gasteiger charge is -2.05. The van der Waals surface area contributed by atoms with Crippen LogP contribution in [0.4, 0.5) is 5.82 Å². The van der Waals surface area contributed by atoms with Gasteiger partial charge in [-0.1, -0.05) is 11.8 Å². The minimum atomic E-state index is 0.759. The van der Waals surface area contributed by atoms with Gasteiger partial charge in [0.2, 0.25) is 0 Å². The summed E-state index contributed by atoms with van der Waals surface area (Å²) in [7, 11) is 0. The molecule has 3 aromatic heterocycles. The van der Waals surface area contributed by atoms with Crippen LogP contribution < -0.4 is 5.32 Å². The van der Waals surface area contributed by atoms with E-state index < -0.39 is 0 Å². The van der Waals surface area contributed by atoms with Crippen LogP contribution in [-0.4, -0.2) is 37.4 Å². The van der Waals surface area contributed by atoms with Crippen LogP contribution in [0, 0.1) is 0 Å². The van der Waals surface area contributed by atoms with Gasteiger partial charge in [0.15, 0.2) is 5.65 Å². The molecule has 0 fully saturated rings. The van der Waals surface area contributed by atoms with Gasteiger partial charge < -0.3 is 5.32 Å². The predicted molar refractivity (Wildman–Crippen MR) is 77.6 cm³/mol. The molecule has 8 heteroatoms. The average molecular weight is 292 g/mol. The Hall–Kier alpha value is -1.67. The van der Waals surface area contributed by atoms with Crippen molar-refractivity contribution in [3.8, 4) is 0 Å². The zero-order chi connectivity index (χ0) is 12.9. The normalized spacial score (nSPS) is 10.9. The fourth-order valence-electron chi connectivity index (χ4n) is 1.63. The number of aromatic nitrogens is 5. The number of aromatic amines is 1. The fourth-order valence-corrected chi connectivity index (χ4v) is 3.27. The van der Waals surface area contributed by atoms with Crippen LogP contribution in [0.5, 0.6) is 0 Å². The molecule has 0 aliphatic rings. The first-order chi connectivity index (χ1) is 9.43. The van der Waals surface area contributed by atoms with Gasteiger partial charge in [0, 0.05) is 23.9 Å². The Morgan fingerprint density at radius 3 is 3.21 bits per heavy atom. The Bertz CT molecular complexity index is 635. The Morgan fingerprint density at radius 2 is 2.32 bits per heavy atom. The van der Waals surface area contributed by atoms with Crippen LogP contribution in [0.2, 0.25) is 0 Å². The van der Waals surface area contributed by atoms with E-state index in [-0.39, 0.29) is 0 Å². The number of H-pyrrole nitrogens is 1. The van der Waals surface area contributed by atoms with Crippen molar-refractivity contribution in [3.63, 3.8) is 0 Å². The number of hydrogen-bond acceptors (Lipinski definition) is 7. The van der Waals surface area contributed by atoms with Crippen LogP contribution in [0.25, 0.3) is 11.0 Å². The molecule has 0 bridgehead atoms. The molecule has 0 spiro atoms. The van der Waals surface area contributed by atoms with Gasteiger partial charge in [-0.05, 0) is 6.42 Å². The van der Waals surface area contributed by atoms with Crippen molar-refractivity contribution in [2.75, 3.05) is 17.6 Å². The van der Waals surface area contributed by atoms with Gasteiger partial charge in [-0.15, -0.1) is 11.3 Å². The molecule has 19 heavy (non-hydrogen) atoms. The summed E-state index contributed by atoms with van der Waals surface area (Å²) >= 11 is 3.46. The molecule has 0 atom stereocenters. The van der Waals surface area contributed by atoms with E-state index in [0.717, 1.165) is 39.9 Å². The maximum Gasteiger partial charge on any atom is 0.160 e. The summed E-state index contributed by atoms with van der Waals surface area (Å²) in [5.74, 6) is 1.87. The Morgan fingerprint density at radius 1 is 1.32 bits per heavy atom. The average Bonchev–Trinajstić information content (AvgIpc) is 3.09. The topological polar surface area (TPSA) is 79.4 Å². The van der Waals surface area contributed by atoms with E-state index in [9.17, 15) is 0 Å². The number of rotatable bonds is 6. The van der Waals surface area contributed by atoms with Crippen LogP contribution in [0.1, 0.15) is 6.42 Å². The molecule has 3 aromatic rings. The van der Waals surface area contributed by atoms with E-state index in [0.29, 0.717) is 0 Å². The molecule has 2 N–H and O–H groups in total. The molecule has 6 nitrogen and oxygen atoms in total. The number of nitrogens with zero attached hydrogens (tertiary/aromatic N) is 4. The van der Waals surface area contributed by atoms with Gasteiger partial charge in [-0.2, -0.15) is 5.10 Å². The summed E-state index contributed by atoms with van der Waals surface area (Å²) in [6.45, 7) is 0.871. The molecular formula is C11H12N6S2. The lowest BCUT2D eigenvalue weighted by atomic mass is 10.4. The highest BCUT2D eigenvalue weighted by atomic mass is 32.2. The molecular weight excluding hydrogens is 280 g/mol. The van der Waals surface area contributed by atoms with Gasteiger partial charge >= 0.3 is 0 Å². The summed E-state index contributed by atoms with van der Waals surface area (Å²) in [4.78, 5) is 12.6. The lowest BCUT2D eigenvalue weighted by molar-refractivity contribution is 0.979. The van der Waals surface area contributed by atoms with Gasteiger partial charge in [0.25, 0.3) is 0 Å². The van der Waals surface area contributed by atoms with Crippen LogP contribution in [0.15, 0.2) is 28.4 Å². The standard InChI is InChI=1S/C11H12N6S2/c1(4-18-11-13-3-5-19-11)2-12-9-8-6-16-17-10(8)15-7-14-9/h3,5-7H,1-2,4H2,(H2,12,14,15,16,17). The maximum absolute atomic E-state index is 4.23. The van der Waals surface area contributed by atoms with E-state index >= 15 is 0 Å². The SMILES string of the molecule is c1csc(SCCCNc2ncnc3[nH]ncc23)n1. The Balaban J connectivity index is 1.48. The minimum Gasteiger partial charge on any atom is -0.369 e. The number of fused-ring (bicyclic) bond motifs is 1. The third kappa shape index (κ3) is 3.02. The van der Waals surface area contributed by atoms with Gasteiger partial charge in [-0.25, -0.2) is 15.0 Å². The molecule has 0 saturated heterocycles. The first kappa shape index (κ1) is 12.4. The Kier molecular flexibility index (Phi) is 3.89. The predicted octanol–water partition coefficient (Wildman–Crippen LogP) is 2.40. The van der Waals surface area contributed by atoms with Crippen LogP contribution in [-0.2, 0) is 0 Å². The first-order valence-corrected chi connectivity index (χ1v) is 7.70. The number of thiazole rings is 1. The molecule has 0 aliphatic carbocycles. The van der Waals surface area contributed by atoms with E-state index in [1.807, 2.05) is 11.6 Å². The summed E-state index contributed by atoms with van der Waals surface area (Å²) in [6.07, 6.45) is 6.16. The van der Waals surface area contributed by atoms with Gasteiger partial charge in [-0.3, -0.25) is 5.10 Å². The monoisotopic (exact) mass is 292 g/mol. The number of thioether (sulfide) groups is 1. The molecule has 0 aromatic carbocycles. The Labute approximate surface area is 118 Å². The maximum atomic E-state index is 4.23. The van der Waals surface area contributed by atoms with Crippen molar-refractivity contribution in [3.05, 3.63) is 24.1 Å². The van der Waals surface area contributed by atoms with E-state index in [4.69, 9.17) is 0 Å². The summed E-state index contributed by atoms with van der Waals surface area (Å²) in [5.41, 5.74) is 0.759. The van der Waals surface area contributed by atoms with Crippen molar-refractivity contribution in [1.29, 1.82) is 0 Å². The van der Waals surface area contributed by atoms with Gasteiger partial charge in [0.05, 0.1) is 11.6 Å². The van der Waals surface area contributed by atoms with Crippen molar-refractivity contribution in [1.82, 2.24) is 25.1 Å². The summed E-state index contributed by atoms with van der Waals surface area (Å²) in [6, 6.07) is 0. The fraction of sp³-hybridized carbons (Fsp3) is 0.273. The second kappa shape index (κ2) is 5.98. The molecule has 98 valence electrons. The molecule has 0 amide bonds. The zero-order valence-electron chi connectivity index (χ0n) is 10.0.